The minimum Gasteiger partial charge on any atom is -0.366 e. The Morgan fingerprint density at radius 3 is 2.81 bits per heavy atom. The van der Waals surface area contributed by atoms with E-state index in [2.05, 4.69) is 28.9 Å². The number of nitrogens with zero attached hydrogens (tertiary/aromatic N) is 2. The van der Waals surface area contributed by atoms with Crippen molar-refractivity contribution in [1.82, 2.24) is 10.2 Å². The van der Waals surface area contributed by atoms with Crippen LogP contribution in [0.2, 0.25) is 0 Å². The molecule has 7 heteroatoms. The van der Waals surface area contributed by atoms with Crippen molar-refractivity contribution in [2.75, 3.05) is 25.4 Å². The van der Waals surface area contributed by atoms with Crippen molar-refractivity contribution in [3.05, 3.63) is 35.4 Å². The lowest BCUT2D eigenvalue weighted by Crippen LogP contribution is -2.53. The third-order valence-electron chi connectivity index (χ3n) is 5.27. The number of benzene rings is 1. The highest BCUT2D eigenvalue weighted by atomic mass is 127. The Morgan fingerprint density at radius 2 is 2.11 bits per heavy atom. The molecule has 1 saturated heterocycles. The number of hydrogen-bond acceptors (Lipinski definition) is 3. The Hall–Kier alpha value is -0.960. The van der Waals surface area contributed by atoms with E-state index in [0.717, 1.165) is 31.2 Å². The number of nitrogens with one attached hydrogen (secondary N) is 1. The molecule has 1 aromatic rings. The minimum absolute atomic E-state index is 0. The van der Waals surface area contributed by atoms with Crippen molar-refractivity contribution < 1.29 is 4.79 Å². The zero-order valence-corrected chi connectivity index (χ0v) is 19.2. The molecular weight excluding hydrogens is 471 g/mol. The lowest BCUT2D eigenvalue weighted by molar-refractivity contribution is 0.1000. The summed E-state index contributed by atoms with van der Waals surface area (Å²) >= 11 is 2.17. The molecule has 1 spiro atoms. The Labute approximate surface area is 184 Å². The number of rotatable bonds is 4. The summed E-state index contributed by atoms with van der Waals surface area (Å²) in [5.41, 5.74) is 6.93. The van der Waals surface area contributed by atoms with Gasteiger partial charge in [-0.1, -0.05) is 31.4 Å². The topological polar surface area (TPSA) is 70.7 Å². The van der Waals surface area contributed by atoms with Crippen LogP contribution in [0.3, 0.4) is 0 Å². The molecule has 2 fully saturated rings. The Kier molecular flexibility index (Phi) is 8.72. The first-order valence-corrected chi connectivity index (χ1v) is 10.7. The van der Waals surface area contributed by atoms with E-state index in [4.69, 9.17) is 10.7 Å². The van der Waals surface area contributed by atoms with E-state index in [1.165, 1.54) is 37.9 Å². The predicted octanol–water partition coefficient (Wildman–Crippen LogP) is 3.62. The monoisotopic (exact) mass is 502 g/mol. The molecule has 0 unspecified atom stereocenters. The average Bonchev–Trinajstić information content (AvgIpc) is 2.66. The van der Waals surface area contributed by atoms with Crippen LogP contribution in [0.25, 0.3) is 0 Å². The summed E-state index contributed by atoms with van der Waals surface area (Å²) in [6.45, 7) is 5.65. The van der Waals surface area contributed by atoms with Crippen molar-refractivity contribution in [3.8, 4) is 0 Å². The van der Waals surface area contributed by atoms with E-state index in [-0.39, 0.29) is 24.0 Å². The fourth-order valence-corrected chi connectivity index (χ4v) is 5.51. The van der Waals surface area contributed by atoms with Gasteiger partial charge in [0.15, 0.2) is 5.96 Å². The Morgan fingerprint density at radius 1 is 1.33 bits per heavy atom. The number of guanidine groups is 1. The molecule has 1 aliphatic carbocycles. The van der Waals surface area contributed by atoms with Crippen LogP contribution in [-0.2, 0) is 6.54 Å². The zero-order chi connectivity index (χ0) is 18.4. The van der Waals surface area contributed by atoms with E-state index >= 15 is 0 Å². The average molecular weight is 502 g/mol. The van der Waals surface area contributed by atoms with Crippen LogP contribution >= 0.6 is 35.7 Å². The number of primary amides is 1. The molecule has 2 aliphatic rings. The molecule has 3 N–H and O–H groups in total. The highest BCUT2D eigenvalue weighted by molar-refractivity contribution is 14.0. The second-order valence-electron chi connectivity index (χ2n) is 7.25. The van der Waals surface area contributed by atoms with Crippen LogP contribution in [0, 0.1) is 0 Å². The van der Waals surface area contributed by atoms with Crippen molar-refractivity contribution in [3.63, 3.8) is 0 Å². The van der Waals surface area contributed by atoms with Crippen molar-refractivity contribution in [2.24, 2.45) is 10.7 Å². The number of nitrogens with two attached hydrogens (primary N) is 1. The van der Waals surface area contributed by atoms with Crippen molar-refractivity contribution >= 4 is 47.6 Å². The van der Waals surface area contributed by atoms with Gasteiger partial charge in [-0.05, 0) is 37.5 Å². The first-order chi connectivity index (χ1) is 12.6. The summed E-state index contributed by atoms with van der Waals surface area (Å²) in [4.78, 5) is 18.7. The lowest BCUT2D eigenvalue weighted by Gasteiger charge is -2.45. The fourth-order valence-electron chi connectivity index (χ4n) is 3.94. The lowest BCUT2D eigenvalue weighted by atomic mass is 9.87. The van der Waals surface area contributed by atoms with Gasteiger partial charge in [0, 0.05) is 35.7 Å². The molecule has 27 heavy (non-hydrogen) atoms. The first kappa shape index (κ1) is 22.3. The normalized spacial score (nSPS) is 19.4. The zero-order valence-electron chi connectivity index (χ0n) is 16.1. The highest BCUT2D eigenvalue weighted by Crippen LogP contribution is 2.42. The van der Waals surface area contributed by atoms with Gasteiger partial charge < -0.3 is 16.0 Å². The Bertz CT molecular complexity index is 656. The Balaban J connectivity index is 0.00000261. The molecule has 0 aromatic heterocycles. The van der Waals surface area contributed by atoms with E-state index in [1.54, 1.807) is 6.07 Å². The van der Waals surface area contributed by atoms with Crippen LogP contribution in [0.1, 0.15) is 54.9 Å². The molecule has 1 amide bonds. The number of aliphatic imine (C=N–C) groups is 1. The van der Waals surface area contributed by atoms with Crippen LogP contribution in [-0.4, -0.2) is 46.9 Å². The maximum Gasteiger partial charge on any atom is 0.248 e. The largest absolute Gasteiger partial charge is 0.366 e. The quantitative estimate of drug-likeness (QED) is 0.375. The number of amides is 1. The molecule has 1 aromatic carbocycles. The smallest absolute Gasteiger partial charge is 0.248 e. The highest BCUT2D eigenvalue weighted by Gasteiger charge is 2.38. The third kappa shape index (κ3) is 6.01. The van der Waals surface area contributed by atoms with Gasteiger partial charge in [-0.25, -0.2) is 4.99 Å². The van der Waals surface area contributed by atoms with E-state index in [0.29, 0.717) is 16.9 Å². The number of halogens is 1. The van der Waals surface area contributed by atoms with Crippen molar-refractivity contribution in [1.29, 1.82) is 0 Å². The van der Waals surface area contributed by atoms with Crippen LogP contribution in [0.5, 0.6) is 0 Å². The molecule has 1 aliphatic heterocycles. The summed E-state index contributed by atoms with van der Waals surface area (Å²) in [5, 5.41) is 3.46. The molecule has 1 heterocycles. The second kappa shape index (κ2) is 10.5. The summed E-state index contributed by atoms with van der Waals surface area (Å²) < 4.78 is 0.415. The maximum absolute atomic E-state index is 11.4. The standard InChI is InChI=1S/C20H30N4OS.HI/c1-2-22-19(23-14-16-7-6-8-17(13-16)18(21)25)24-11-12-26-20(15-24)9-4-3-5-10-20;/h6-8,13H,2-5,9-12,14-15H2,1H3,(H2,21,25)(H,22,23);1H. The van der Waals surface area contributed by atoms with Crippen LogP contribution in [0.15, 0.2) is 29.3 Å². The molecule has 0 bridgehead atoms. The SMILES string of the molecule is CCNC(=NCc1cccc(C(N)=O)c1)N1CCSC2(CCCCC2)C1.I. The predicted molar refractivity (Wildman–Crippen MR) is 125 cm³/mol. The van der Waals surface area contributed by atoms with Crippen LogP contribution in [0.4, 0.5) is 0 Å². The molecule has 150 valence electrons. The van der Waals surface area contributed by atoms with Gasteiger partial charge in [-0.2, -0.15) is 11.8 Å². The summed E-state index contributed by atoms with van der Waals surface area (Å²) in [6, 6.07) is 7.44. The van der Waals surface area contributed by atoms with Gasteiger partial charge in [0.2, 0.25) is 5.91 Å². The molecule has 0 atom stereocenters. The fraction of sp³-hybridized carbons (Fsp3) is 0.600. The molecule has 1 saturated carbocycles. The summed E-state index contributed by atoms with van der Waals surface area (Å²) in [6.07, 6.45) is 6.75. The summed E-state index contributed by atoms with van der Waals surface area (Å²) in [5.74, 6) is 1.76. The van der Waals surface area contributed by atoms with Gasteiger partial charge in [0.25, 0.3) is 0 Å². The molecule has 3 rings (SSSR count). The van der Waals surface area contributed by atoms with E-state index in [1.807, 2.05) is 18.2 Å². The van der Waals surface area contributed by atoms with E-state index in [9.17, 15) is 4.79 Å². The number of hydrogen-bond donors (Lipinski definition) is 2. The van der Waals surface area contributed by atoms with Crippen LogP contribution < -0.4 is 11.1 Å². The third-order valence-corrected chi connectivity index (χ3v) is 6.81. The molecular formula is C20H31IN4OS. The first-order valence-electron chi connectivity index (χ1n) is 9.68. The maximum atomic E-state index is 11.4. The van der Waals surface area contributed by atoms with E-state index < -0.39 is 5.91 Å². The van der Waals surface area contributed by atoms with Crippen molar-refractivity contribution in [2.45, 2.75) is 50.3 Å². The molecule has 0 radical (unpaired) electrons. The van der Waals surface area contributed by atoms with Gasteiger partial charge in [-0.3, -0.25) is 4.79 Å². The second-order valence-corrected chi connectivity index (χ2v) is 8.81. The van der Waals surface area contributed by atoms with Gasteiger partial charge in [0.1, 0.15) is 0 Å². The number of thioether (sulfide) groups is 1. The van der Waals surface area contributed by atoms with Gasteiger partial charge in [-0.15, -0.1) is 24.0 Å². The van der Waals surface area contributed by atoms with Gasteiger partial charge in [0.05, 0.1) is 6.54 Å². The summed E-state index contributed by atoms with van der Waals surface area (Å²) in [7, 11) is 0. The number of carbonyl (C=O) groups excluding carboxylic acids is 1. The van der Waals surface area contributed by atoms with Gasteiger partial charge >= 0.3 is 0 Å². The number of carbonyl (C=O) groups is 1. The minimum atomic E-state index is -0.393. The molecule has 5 nitrogen and oxygen atoms in total.